The van der Waals surface area contributed by atoms with Crippen LogP contribution in [0.5, 0.6) is 5.75 Å². The number of hydrogen-bond acceptors (Lipinski definition) is 9. The molecule has 0 unspecified atom stereocenters. The molecule has 2 aromatic carbocycles. The van der Waals surface area contributed by atoms with Crippen LogP contribution in [0.4, 0.5) is 15.0 Å². The molecule has 2 aromatic heterocycles. The Bertz CT molecular complexity index is 1720. The van der Waals surface area contributed by atoms with Crippen LogP contribution < -0.4 is 15.8 Å². The average Bonchev–Trinajstić information content (AvgIpc) is 3.48. The van der Waals surface area contributed by atoms with Crippen LogP contribution in [0.2, 0.25) is 0 Å². The van der Waals surface area contributed by atoms with E-state index in [0.717, 1.165) is 66.8 Å². The SMILES string of the molecule is COCCc1nc2c(N)nc3ccccc3c2n1CCCCNC(=O)N(CCN1CCCCC1)Cc1ccc(F)c(OCC(C)C)c1.O=C=O. The zero-order valence-electron chi connectivity index (χ0n) is 29.5. The van der Waals surface area contributed by atoms with E-state index in [1.54, 1.807) is 19.2 Å². The molecule has 5 rings (SSSR count). The molecule has 1 aliphatic heterocycles. The number of hydrogen-bond donors (Lipinski definition) is 2. The number of pyridine rings is 1. The minimum atomic E-state index is -0.387. The normalized spacial score (nSPS) is 13.2. The number of para-hydroxylation sites is 1. The van der Waals surface area contributed by atoms with Crippen molar-refractivity contribution < 1.29 is 28.2 Å². The van der Waals surface area contributed by atoms with Crippen molar-refractivity contribution in [3.8, 4) is 5.75 Å². The van der Waals surface area contributed by atoms with E-state index in [9.17, 15) is 9.18 Å². The van der Waals surface area contributed by atoms with Crippen molar-refractivity contribution in [3.63, 3.8) is 0 Å². The largest absolute Gasteiger partial charge is 0.490 e. The second-order valence-corrected chi connectivity index (χ2v) is 12.9. The molecular weight excluding hydrogens is 641 g/mol. The van der Waals surface area contributed by atoms with Crippen LogP contribution in [-0.4, -0.2) is 89.6 Å². The summed E-state index contributed by atoms with van der Waals surface area (Å²) in [6, 6.07) is 12.8. The Morgan fingerprint density at radius 1 is 1.08 bits per heavy atom. The fourth-order valence-corrected chi connectivity index (χ4v) is 6.16. The van der Waals surface area contributed by atoms with E-state index in [-0.39, 0.29) is 29.7 Å². The second-order valence-electron chi connectivity index (χ2n) is 12.9. The quantitative estimate of drug-likeness (QED) is 0.147. The van der Waals surface area contributed by atoms with Crippen molar-refractivity contribution in [1.29, 1.82) is 0 Å². The number of nitrogens with two attached hydrogens (primary N) is 1. The van der Waals surface area contributed by atoms with Crippen LogP contribution in [0.1, 0.15) is 57.3 Å². The molecule has 0 bridgehead atoms. The number of aryl methyl sites for hydroxylation is 1. The molecule has 50 heavy (non-hydrogen) atoms. The zero-order chi connectivity index (χ0) is 35.9. The highest BCUT2D eigenvalue weighted by Crippen LogP contribution is 2.29. The van der Waals surface area contributed by atoms with Crippen molar-refractivity contribution in [2.75, 3.05) is 58.8 Å². The molecule has 0 spiro atoms. The molecule has 1 saturated heterocycles. The monoisotopic (exact) mass is 691 g/mol. The lowest BCUT2D eigenvalue weighted by molar-refractivity contribution is -0.191. The Kier molecular flexibility index (Phi) is 15.0. The summed E-state index contributed by atoms with van der Waals surface area (Å²) < 4.78 is 27.8. The van der Waals surface area contributed by atoms with Crippen molar-refractivity contribution >= 4 is 39.9 Å². The van der Waals surface area contributed by atoms with Gasteiger partial charge in [-0.3, -0.25) is 0 Å². The molecule has 13 heteroatoms. The maximum atomic E-state index is 14.5. The van der Waals surface area contributed by atoms with Gasteiger partial charge in [0.15, 0.2) is 17.4 Å². The fourth-order valence-electron chi connectivity index (χ4n) is 6.16. The first-order valence-corrected chi connectivity index (χ1v) is 17.4. The zero-order valence-corrected chi connectivity index (χ0v) is 29.5. The lowest BCUT2D eigenvalue weighted by Gasteiger charge is -2.30. The molecule has 270 valence electrons. The number of unbranched alkanes of at least 4 members (excludes halogenated alkanes) is 1. The number of amides is 2. The summed E-state index contributed by atoms with van der Waals surface area (Å²) in [4.78, 5) is 43.5. The van der Waals surface area contributed by atoms with Crippen molar-refractivity contribution in [1.82, 2.24) is 29.7 Å². The number of fused-ring (bicyclic) bond motifs is 3. The van der Waals surface area contributed by atoms with E-state index < -0.39 is 0 Å². The van der Waals surface area contributed by atoms with E-state index >= 15 is 0 Å². The molecule has 0 aliphatic carbocycles. The number of nitrogens with zero attached hydrogens (tertiary/aromatic N) is 5. The summed E-state index contributed by atoms with van der Waals surface area (Å²) in [5, 5.41) is 4.17. The lowest BCUT2D eigenvalue weighted by atomic mass is 10.1. The highest BCUT2D eigenvalue weighted by Gasteiger charge is 2.19. The van der Waals surface area contributed by atoms with Gasteiger partial charge in [-0.2, -0.15) is 9.59 Å². The lowest BCUT2D eigenvalue weighted by Crippen LogP contribution is -2.44. The third kappa shape index (κ3) is 10.7. The number of piperidine rings is 1. The maximum absolute atomic E-state index is 14.5. The average molecular weight is 692 g/mol. The number of benzene rings is 2. The number of nitrogens with one attached hydrogen (secondary N) is 1. The number of likely N-dealkylation sites (tertiary alicyclic amines) is 1. The molecule has 3 heterocycles. The summed E-state index contributed by atoms with van der Waals surface area (Å²) in [7, 11) is 1.69. The van der Waals surface area contributed by atoms with Gasteiger partial charge < -0.3 is 34.9 Å². The van der Waals surface area contributed by atoms with E-state index in [2.05, 4.69) is 25.8 Å². The van der Waals surface area contributed by atoms with Crippen LogP contribution in [0, 0.1) is 11.7 Å². The topological polar surface area (TPSA) is 145 Å². The predicted molar refractivity (Wildman–Crippen MR) is 190 cm³/mol. The van der Waals surface area contributed by atoms with Crippen molar-refractivity contribution in [3.05, 3.63) is 59.7 Å². The number of carbonyl (C=O) groups excluding carboxylic acids is 3. The smallest absolute Gasteiger partial charge is 0.373 e. The van der Waals surface area contributed by atoms with E-state index in [1.165, 1.54) is 25.3 Å². The standard InChI is InChI=1S/C36H50FN7O3.CO2/c1-26(2)25-47-31-23-27(13-14-29(31)37)24-43(21-20-42-17-8-4-9-18-42)36(45)39-16-7-10-19-44-32(15-22-46-3)41-33-34(44)28-11-5-6-12-30(28)40-35(33)38;2-1-3/h5-6,11-14,23,26H,4,7-10,15-22,24-25H2,1-3H3,(H2,38,40)(H,39,45);. The van der Waals surface area contributed by atoms with Gasteiger partial charge in [-0.05, 0) is 68.5 Å². The van der Waals surface area contributed by atoms with Gasteiger partial charge in [-0.25, -0.2) is 19.2 Å². The molecule has 3 N–H and O–H groups in total. The molecule has 12 nitrogen and oxygen atoms in total. The van der Waals surface area contributed by atoms with Gasteiger partial charge in [0.25, 0.3) is 0 Å². The minimum Gasteiger partial charge on any atom is -0.490 e. The molecule has 1 fully saturated rings. The number of anilines is 1. The molecule has 2 amide bonds. The highest BCUT2D eigenvalue weighted by molar-refractivity contribution is 6.06. The summed E-state index contributed by atoms with van der Waals surface area (Å²) in [6.07, 6.45) is 6.19. The predicted octanol–water partition coefficient (Wildman–Crippen LogP) is 5.42. The Hall–Kier alpha value is -4.58. The number of aromatic nitrogens is 3. The number of rotatable bonds is 16. The first-order valence-electron chi connectivity index (χ1n) is 17.4. The van der Waals surface area contributed by atoms with Gasteiger partial charge in [0.1, 0.15) is 11.3 Å². The molecule has 0 radical (unpaired) electrons. The number of imidazole rings is 1. The number of methoxy groups -OCH3 is 1. The van der Waals surface area contributed by atoms with Gasteiger partial charge in [-0.15, -0.1) is 0 Å². The summed E-state index contributed by atoms with van der Waals surface area (Å²) in [5.41, 5.74) is 9.73. The number of ether oxygens (including phenoxy) is 2. The number of nitrogen functional groups attached to an aromatic ring is 1. The van der Waals surface area contributed by atoms with Gasteiger partial charge in [0.05, 0.1) is 24.2 Å². The number of urea groups is 1. The molecule has 1 aliphatic rings. The first-order chi connectivity index (χ1) is 24.2. The van der Waals surface area contributed by atoms with Crippen LogP contribution >= 0.6 is 0 Å². The second kappa shape index (κ2) is 19.6. The minimum absolute atomic E-state index is 0.116. The third-order valence-corrected chi connectivity index (χ3v) is 8.67. The summed E-state index contributed by atoms with van der Waals surface area (Å²) >= 11 is 0. The highest BCUT2D eigenvalue weighted by atomic mass is 19.1. The van der Waals surface area contributed by atoms with Crippen molar-refractivity contribution in [2.24, 2.45) is 5.92 Å². The van der Waals surface area contributed by atoms with Gasteiger partial charge in [0.2, 0.25) is 0 Å². The summed E-state index contributed by atoms with van der Waals surface area (Å²) in [5.74, 6) is 1.46. The third-order valence-electron chi connectivity index (χ3n) is 8.67. The van der Waals surface area contributed by atoms with Crippen molar-refractivity contribution in [2.45, 2.75) is 65.5 Å². The first kappa shape index (κ1) is 38.2. The summed E-state index contributed by atoms with van der Waals surface area (Å²) in [6.45, 7) is 10.2. The molecule has 0 atom stereocenters. The molecular formula is C37H50FN7O5. The van der Waals surface area contributed by atoms with Crippen LogP contribution in [-0.2, 0) is 33.8 Å². The Labute approximate surface area is 293 Å². The van der Waals surface area contributed by atoms with E-state index in [4.69, 9.17) is 29.8 Å². The number of carbonyl (C=O) groups is 1. The number of halogens is 1. The van der Waals surface area contributed by atoms with Crippen LogP contribution in [0.25, 0.3) is 21.9 Å². The molecule has 4 aromatic rings. The van der Waals surface area contributed by atoms with Gasteiger partial charge in [-0.1, -0.05) is 44.5 Å². The van der Waals surface area contributed by atoms with E-state index in [0.29, 0.717) is 50.6 Å². The van der Waals surface area contributed by atoms with Crippen LogP contribution in [0.15, 0.2) is 42.5 Å². The fraction of sp³-hybridized carbons (Fsp3) is 0.514. The Morgan fingerprint density at radius 3 is 2.58 bits per heavy atom. The van der Waals surface area contributed by atoms with Gasteiger partial charge in [0, 0.05) is 51.6 Å². The Morgan fingerprint density at radius 2 is 1.84 bits per heavy atom. The van der Waals surface area contributed by atoms with Gasteiger partial charge >= 0.3 is 12.2 Å². The van der Waals surface area contributed by atoms with E-state index in [1.807, 2.05) is 36.9 Å². The molecule has 0 saturated carbocycles. The maximum Gasteiger partial charge on any atom is 0.373 e. The Balaban J connectivity index is 0.00000181. The van der Waals surface area contributed by atoms with Crippen LogP contribution in [0.3, 0.4) is 0 Å².